The number of benzene rings is 2. The smallest absolute Gasteiger partial charge is 0.118 e. The highest BCUT2D eigenvalue weighted by Gasteiger charge is 2.37. The molecule has 0 aliphatic carbocycles. The van der Waals surface area contributed by atoms with E-state index in [2.05, 4.69) is 50.2 Å². The Kier molecular flexibility index (Phi) is 2.83. The summed E-state index contributed by atoms with van der Waals surface area (Å²) in [5, 5.41) is 0. The van der Waals surface area contributed by atoms with Gasteiger partial charge in [0.05, 0.1) is 12.7 Å². The lowest BCUT2D eigenvalue weighted by molar-refractivity contribution is -0.0340. The van der Waals surface area contributed by atoms with E-state index >= 15 is 0 Å². The number of hydrogen-bond acceptors (Lipinski definition) is 2. The van der Waals surface area contributed by atoms with Crippen LogP contribution in [0.5, 0.6) is 5.75 Å². The van der Waals surface area contributed by atoms with E-state index in [1.807, 2.05) is 12.1 Å². The largest absolute Gasteiger partial charge is 0.497 e. The highest BCUT2D eigenvalue weighted by molar-refractivity contribution is 5.43. The molecular weight excluding hydrogens is 236 g/mol. The van der Waals surface area contributed by atoms with Gasteiger partial charge >= 0.3 is 0 Å². The summed E-state index contributed by atoms with van der Waals surface area (Å²) in [4.78, 5) is 0. The first-order chi connectivity index (χ1) is 9.12. The lowest BCUT2D eigenvalue weighted by Gasteiger charge is -2.20. The van der Waals surface area contributed by atoms with E-state index < -0.39 is 0 Å². The average molecular weight is 254 g/mol. The summed E-state index contributed by atoms with van der Waals surface area (Å²) in [7, 11) is 1.68. The van der Waals surface area contributed by atoms with Crippen LogP contribution < -0.4 is 4.74 Å². The molecule has 3 rings (SSSR count). The topological polar surface area (TPSA) is 18.5 Å². The molecule has 0 fully saturated rings. The van der Waals surface area contributed by atoms with Gasteiger partial charge in [-0.25, -0.2) is 0 Å². The second-order valence-electron chi connectivity index (χ2n) is 5.37. The second kappa shape index (κ2) is 4.39. The SMILES string of the molecule is COc1ccc([C@H]2OC(C)(C)c3ccccc32)cc1. The first-order valence-electron chi connectivity index (χ1n) is 6.53. The van der Waals surface area contributed by atoms with Crippen LogP contribution in [0.2, 0.25) is 0 Å². The molecule has 0 amide bonds. The molecule has 2 aromatic rings. The molecule has 0 bridgehead atoms. The first-order valence-corrected chi connectivity index (χ1v) is 6.53. The molecule has 1 aliphatic heterocycles. The fourth-order valence-electron chi connectivity index (χ4n) is 2.72. The summed E-state index contributed by atoms with van der Waals surface area (Å²) in [6, 6.07) is 16.5. The minimum absolute atomic E-state index is 0.0112. The molecule has 0 N–H and O–H groups in total. The van der Waals surface area contributed by atoms with Crippen LogP contribution in [0.4, 0.5) is 0 Å². The molecule has 98 valence electrons. The molecule has 19 heavy (non-hydrogen) atoms. The summed E-state index contributed by atoms with van der Waals surface area (Å²) in [6.07, 6.45) is 0.0112. The van der Waals surface area contributed by atoms with Crippen LogP contribution in [0, 0.1) is 0 Å². The molecule has 0 unspecified atom stereocenters. The van der Waals surface area contributed by atoms with Crippen molar-refractivity contribution < 1.29 is 9.47 Å². The Labute approximate surface area is 114 Å². The number of hydrogen-bond donors (Lipinski definition) is 0. The normalized spacial score (nSPS) is 20.1. The van der Waals surface area contributed by atoms with Crippen molar-refractivity contribution in [3.8, 4) is 5.75 Å². The van der Waals surface area contributed by atoms with Crippen molar-refractivity contribution in [1.82, 2.24) is 0 Å². The molecule has 0 radical (unpaired) electrons. The highest BCUT2D eigenvalue weighted by Crippen LogP contribution is 2.45. The molecule has 0 saturated carbocycles. The third-order valence-electron chi connectivity index (χ3n) is 3.72. The molecule has 2 nitrogen and oxygen atoms in total. The van der Waals surface area contributed by atoms with Gasteiger partial charge in [-0.3, -0.25) is 0 Å². The van der Waals surface area contributed by atoms with E-state index in [0.29, 0.717) is 0 Å². The summed E-state index contributed by atoms with van der Waals surface area (Å²) in [5.74, 6) is 0.870. The molecule has 2 aromatic carbocycles. The molecule has 2 heteroatoms. The Morgan fingerprint density at radius 3 is 2.37 bits per heavy atom. The second-order valence-corrected chi connectivity index (χ2v) is 5.37. The highest BCUT2D eigenvalue weighted by atomic mass is 16.5. The van der Waals surface area contributed by atoms with Crippen molar-refractivity contribution in [2.45, 2.75) is 25.6 Å². The van der Waals surface area contributed by atoms with Gasteiger partial charge in [0, 0.05) is 0 Å². The number of methoxy groups -OCH3 is 1. The predicted molar refractivity (Wildman–Crippen MR) is 75.4 cm³/mol. The molecule has 0 saturated heterocycles. The van der Waals surface area contributed by atoms with Crippen LogP contribution in [0.15, 0.2) is 48.5 Å². The van der Waals surface area contributed by atoms with Gasteiger partial charge in [0.2, 0.25) is 0 Å². The van der Waals surface area contributed by atoms with Gasteiger partial charge in [-0.05, 0) is 42.7 Å². The maximum atomic E-state index is 6.24. The Bertz CT molecular complexity index is 584. The van der Waals surface area contributed by atoms with Crippen LogP contribution in [0.25, 0.3) is 0 Å². The fourth-order valence-corrected chi connectivity index (χ4v) is 2.72. The molecule has 1 atom stereocenters. The maximum Gasteiger partial charge on any atom is 0.118 e. The lowest BCUT2D eigenvalue weighted by Crippen LogP contribution is -2.15. The first kappa shape index (κ1) is 12.2. The van der Waals surface area contributed by atoms with Crippen molar-refractivity contribution in [3.63, 3.8) is 0 Å². The molecule has 1 aliphatic rings. The Balaban J connectivity index is 2.03. The van der Waals surface area contributed by atoms with Crippen LogP contribution in [-0.4, -0.2) is 7.11 Å². The van der Waals surface area contributed by atoms with Gasteiger partial charge in [-0.2, -0.15) is 0 Å². The molecule has 0 aromatic heterocycles. The number of fused-ring (bicyclic) bond motifs is 1. The third kappa shape index (κ3) is 2.02. The quantitative estimate of drug-likeness (QED) is 0.805. The number of ether oxygens (including phenoxy) is 2. The summed E-state index contributed by atoms with van der Waals surface area (Å²) < 4.78 is 11.4. The summed E-state index contributed by atoms with van der Waals surface area (Å²) in [6.45, 7) is 4.24. The van der Waals surface area contributed by atoms with E-state index in [-0.39, 0.29) is 11.7 Å². The summed E-state index contributed by atoms with van der Waals surface area (Å²) >= 11 is 0. The van der Waals surface area contributed by atoms with E-state index in [1.165, 1.54) is 16.7 Å². The predicted octanol–water partition coefficient (Wildman–Crippen LogP) is 4.05. The molecular formula is C17H18O2. The van der Waals surface area contributed by atoms with E-state index in [1.54, 1.807) is 7.11 Å². The van der Waals surface area contributed by atoms with Crippen molar-refractivity contribution >= 4 is 0 Å². The van der Waals surface area contributed by atoms with Crippen molar-refractivity contribution in [1.29, 1.82) is 0 Å². The zero-order valence-corrected chi connectivity index (χ0v) is 11.5. The van der Waals surface area contributed by atoms with Gasteiger partial charge in [0.15, 0.2) is 0 Å². The zero-order chi connectivity index (χ0) is 13.5. The Morgan fingerprint density at radius 2 is 1.68 bits per heavy atom. The van der Waals surface area contributed by atoms with Crippen LogP contribution in [0.1, 0.15) is 36.6 Å². The fraction of sp³-hybridized carbons (Fsp3) is 0.294. The maximum absolute atomic E-state index is 6.24. The van der Waals surface area contributed by atoms with Crippen LogP contribution in [-0.2, 0) is 10.3 Å². The van der Waals surface area contributed by atoms with Crippen LogP contribution in [0.3, 0.4) is 0 Å². The van der Waals surface area contributed by atoms with Gasteiger partial charge < -0.3 is 9.47 Å². The van der Waals surface area contributed by atoms with Crippen molar-refractivity contribution in [2.75, 3.05) is 7.11 Å². The molecule has 0 spiro atoms. The Morgan fingerprint density at radius 1 is 1.00 bits per heavy atom. The van der Waals surface area contributed by atoms with Gasteiger partial charge in [-0.15, -0.1) is 0 Å². The van der Waals surface area contributed by atoms with E-state index in [4.69, 9.17) is 9.47 Å². The number of rotatable bonds is 2. The van der Waals surface area contributed by atoms with Gasteiger partial charge in [0.1, 0.15) is 11.9 Å². The van der Waals surface area contributed by atoms with E-state index in [9.17, 15) is 0 Å². The molecule has 1 heterocycles. The third-order valence-corrected chi connectivity index (χ3v) is 3.72. The minimum atomic E-state index is -0.235. The van der Waals surface area contributed by atoms with Gasteiger partial charge in [0.25, 0.3) is 0 Å². The average Bonchev–Trinajstić information content (AvgIpc) is 2.72. The Hall–Kier alpha value is -1.80. The summed E-state index contributed by atoms with van der Waals surface area (Å²) in [5.41, 5.74) is 3.47. The minimum Gasteiger partial charge on any atom is -0.497 e. The van der Waals surface area contributed by atoms with Crippen molar-refractivity contribution in [3.05, 3.63) is 65.2 Å². The van der Waals surface area contributed by atoms with E-state index in [0.717, 1.165) is 5.75 Å². The zero-order valence-electron chi connectivity index (χ0n) is 11.5. The van der Waals surface area contributed by atoms with Crippen LogP contribution >= 0.6 is 0 Å². The lowest BCUT2D eigenvalue weighted by atomic mass is 9.93. The monoisotopic (exact) mass is 254 g/mol. The van der Waals surface area contributed by atoms with Crippen molar-refractivity contribution in [2.24, 2.45) is 0 Å². The standard InChI is InChI=1S/C17H18O2/c1-17(2)15-7-5-4-6-14(15)16(19-17)12-8-10-13(18-3)11-9-12/h4-11,16H,1-3H3/t16-/m1/s1. The van der Waals surface area contributed by atoms with Gasteiger partial charge in [-0.1, -0.05) is 36.4 Å².